The van der Waals surface area contributed by atoms with E-state index in [1.54, 1.807) is 38.6 Å². The molecule has 0 radical (unpaired) electrons. The fraction of sp³-hybridized carbons (Fsp3) is 0.343. The smallest absolute Gasteiger partial charge is 0.261 e. The molecule has 48 heavy (non-hydrogen) atoms. The number of aromatic nitrogens is 4. The minimum absolute atomic E-state index is 0.0417. The molecule has 7 rings (SSSR count). The molecule has 2 atom stereocenters. The molecule has 2 saturated heterocycles. The molecular formula is C35H38Cl2N8O3. The number of fused-ring (bicyclic) bond motifs is 2. The maximum Gasteiger partial charge on any atom is 0.261 e. The topological polar surface area (TPSA) is 126 Å². The summed E-state index contributed by atoms with van der Waals surface area (Å²) in [5, 5.41) is 13.4. The van der Waals surface area contributed by atoms with Crippen molar-refractivity contribution in [1.82, 2.24) is 30.2 Å². The van der Waals surface area contributed by atoms with E-state index in [2.05, 4.69) is 35.9 Å². The lowest BCUT2D eigenvalue weighted by Crippen LogP contribution is -2.45. The molecule has 250 valence electrons. The van der Waals surface area contributed by atoms with Crippen LogP contribution in [-0.4, -0.2) is 83.2 Å². The highest BCUT2D eigenvalue weighted by atomic mass is 35.5. The lowest BCUT2D eigenvalue weighted by molar-refractivity contribution is 0.0707. The molecule has 0 saturated carbocycles. The minimum Gasteiger partial charge on any atom is -0.496 e. The van der Waals surface area contributed by atoms with E-state index in [1.165, 1.54) is 6.42 Å². The van der Waals surface area contributed by atoms with Crippen molar-refractivity contribution in [2.24, 2.45) is 0 Å². The number of amides is 1. The molecule has 2 unspecified atom stereocenters. The average Bonchev–Trinajstić information content (AvgIpc) is 3.11. The third kappa shape index (κ3) is 8.15. The summed E-state index contributed by atoms with van der Waals surface area (Å²) < 4.78 is 10.8. The summed E-state index contributed by atoms with van der Waals surface area (Å²) in [6.45, 7) is 3.28. The summed E-state index contributed by atoms with van der Waals surface area (Å²) in [5.74, 6) is 2.10. The molecule has 4 heterocycles. The Morgan fingerprint density at radius 1 is 0.833 bits per heavy atom. The van der Waals surface area contributed by atoms with Gasteiger partial charge in [-0.05, 0) is 80.8 Å². The zero-order valence-corrected chi connectivity index (χ0v) is 28.4. The van der Waals surface area contributed by atoms with Crippen LogP contribution in [0.5, 0.6) is 11.5 Å². The van der Waals surface area contributed by atoms with E-state index in [1.807, 2.05) is 47.5 Å². The van der Waals surface area contributed by atoms with Crippen molar-refractivity contribution >= 4 is 62.8 Å². The normalized spacial score (nSPS) is 17.7. The summed E-state index contributed by atoms with van der Waals surface area (Å²) in [7, 11) is 3.10. The fourth-order valence-electron chi connectivity index (χ4n) is 5.97. The van der Waals surface area contributed by atoms with Crippen molar-refractivity contribution in [1.29, 1.82) is 0 Å². The van der Waals surface area contributed by atoms with Gasteiger partial charge in [0.15, 0.2) is 0 Å². The van der Waals surface area contributed by atoms with Crippen molar-refractivity contribution in [3.05, 3.63) is 82.6 Å². The van der Waals surface area contributed by atoms with Crippen LogP contribution in [0.25, 0.3) is 21.8 Å². The summed E-state index contributed by atoms with van der Waals surface area (Å²) in [4.78, 5) is 32.9. The number of ether oxygens (including phenoxy) is 2. The zero-order chi connectivity index (χ0) is 33.5. The molecule has 0 spiro atoms. The Bertz CT molecular complexity index is 1870. The Kier molecular flexibility index (Phi) is 10.9. The van der Waals surface area contributed by atoms with Gasteiger partial charge in [0.2, 0.25) is 11.9 Å². The van der Waals surface area contributed by atoms with Gasteiger partial charge < -0.3 is 30.3 Å². The molecule has 1 amide bonds. The number of benzene rings is 3. The average molecular weight is 690 g/mol. The van der Waals surface area contributed by atoms with Gasteiger partial charge in [-0.1, -0.05) is 29.3 Å². The van der Waals surface area contributed by atoms with E-state index in [0.29, 0.717) is 58.1 Å². The quantitative estimate of drug-likeness (QED) is 0.175. The molecule has 3 aromatic carbocycles. The Labute approximate surface area is 289 Å². The van der Waals surface area contributed by atoms with E-state index in [0.717, 1.165) is 54.2 Å². The molecule has 0 aliphatic carbocycles. The molecule has 0 bridgehead atoms. The van der Waals surface area contributed by atoms with Gasteiger partial charge in [-0.2, -0.15) is 0 Å². The van der Waals surface area contributed by atoms with Crippen molar-refractivity contribution < 1.29 is 14.3 Å². The van der Waals surface area contributed by atoms with Crippen molar-refractivity contribution in [3.8, 4) is 11.5 Å². The number of nitrogens with one attached hydrogen (secondary N) is 3. The van der Waals surface area contributed by atoms with Gasteiger partial charge in [0.05, 0.1) is 25.3 Å². The standard InChI is InChI=1S/C22H23ClN4O3.C13H15ClN4/c1-29-18-6-3-7-19(30-2)20(18)21(28)27-10-4-5-16(13-27)25-22-24-12-14-8-9-15(23)11-17(14)26-22;14-10-4-3-9-7-16-13(18-12(9)6-10)17-11-2-1-5-15-8-11/h3,6-9,11-12,16H,4-5,10,13H2,1-2H3,(H,24,25,26);3-4,6-7,11,15H,1-2,5,8H2,(H,16,17,18). The number of hydrogen-bond acceptors (Lipinski definition) is 10. The number of nitrogens with zero attached hydrogens (tertiary/aromatic N) is 5. The van der Waals surface area contributed by atoms with Gasteiger partial charge in [-0.3, -0.25) is 4.79 Å². The lowest BCUT2D eigenvalue weighted by atomic mass is 10.0. The molecule has 2 fully saturated rings. The molecule has 11 nitrogen and oxygen atoms in total. The summed E-state index contributed by atoms with van der Waals surface area (Å²) in [6, 6.07) is 17.0. The predicted molar refractivity (Wildman–Crippen MR) is 191 cm³/mol. The van der Waals surface area contributed by atoms with Gasteiger partial charge in [0.1, 0.15) is 17.1 Å². The van der Waals surface area contributed by atoms with Crippen LogP contribution in [0.3, 0.4) is 0 Å². The monoisotopic (exact) mass is 688 g/mol. The minimum atomic E-state index is -0.109. The van der Waals surface area contributed by atoms with Crippen molar-refractivity contribution in [2.75, 3.05) is 51.0 Å². The zero-order valence-electron chi connectivity index (χ0n) is 26.9. The number of carbonyl (C=O) groups excluding carboxylic acids is 1. The van der Waals surface area contributed by atoms with Crippen LogP contribution in [0.1, 0.15) is 36.0 Å². The second-order valence-corrected chi connectivity index (χ2v) is 12.6. The highest BCUT2D eigenvalue weighted by Gasteiger charge is 2.29. The highest BCUT2D eigenvalue weighted by molar-refractivity contribution is 6.31. The van der Waals surface area contributed by atoms with E-state index >= 15 is 0 Å². The molecule has 2 aliphatic rings. The van der Waals surface area contributed by atoms with Crippen molar-refractivity contribution in [2.45, 2.75) is 37.8 Å². The molecular weight excluding hydrogens is 651 g/mol. The SMILES string of the molecule is COc1cccc(OC)c1C(=O)N1CCCC(Nc2ncc3ccc(Cl)cc3n2)C1.Clc1ccc2cnc(NC3CCCNC3)nc2c1. The largest absolute Gasteiger partial charge is 0.496 e. The predicted octanol–water partition coefficient (Wildman–Crippen LogP) is 6.46. The Balaban J connectivity index is 0.000000189. The van der Waals surface area contributed by atoms with E-state index in [-0.39, 0.29) is 11.9 Å². The number of rotatable bonds is 7. The number of anilines is 2. The summed E-state index contributed by atoms with van der Waals surface area (Å²) in [6.07, 6.45) is 7.74. The highest BCUT2D eigenvalue weighted by Crippen LogP contribution is 2.31. The van der Waals surface area contributed by atoms with E-state index in [4.69, 9.17) is 32.7 Å². The number of methoxy groups -OCH3 is 2. The third-order valence-electron chi connectivity index (χ3n) is 8.40. The Morgan fingerprint density at radius 3 is 1.98 bits per heavy atom. The van der Waals surface area contributed by atoms with E-state index < -0.39 is 0 Å². The van der Waals surface area contributed by atoms with Crippen LogP contribution >= 0.6 is 23.2 Å². The third-order valence-corrected chi connectivity index (χ3v) is 8.87. The first kappa shape index (κ1) is 33.5. The van der Waals surface area contributed by atoms with Crippen molar-refractivity contribution in [3.63, 3.8) is 0 Å². The molecule has 3 N–H and O–H groups in total. The van der Waals surface area contributed by atoms with Gasteiger partial charge >= 0.3 is 0 Å². The Morgan fingerprint density at radius 2 is 1.42 bits per heavy atom. The molecule has 13 heteroatoms. The fourth-order valence-corrected chi connectivity index (χ4v) is 6.30. The Hall–Kier alpha value is -4.45. The second kappa shape index (κ2) is 15.6. The van der Waals surface area contributed by atoms with Gasteiger partial charge in [-0.15, -0.1) is 0 Å². The maximum atomic E-state index is 13.3. The first-order valence-corrected chi connectivity index (χ1v) is 16.7. The molecule has 2 aromatic heterocycles. The van der Waals surface area contributed by atoms with Crippen LogP contribution in [0.4, 0.5) is 11.9 Å². The molecule has 5 aromatic rings. The number of halogens is 2. The summed E-state index contributed by atoms with van der Waals surface area (Å²) in [5.41, 5.74) is 2.10. The second-order valence-electron chi connectivity index (χ2n) is 11.8. The maximum absolute atomic E-state index is 13.3. The van der Waals surface area contributed by atoms with Crippen LogP contribution in [-0.2, 0) is 0 Å². The number of carbonyl (C=O) groups is 1. The number of hydrogen-bond donors (Lipinski definition) is 3. The first-order valence-electron chi connectivity index (χ1n) is 16.0. The van der Waals surface area contributed by atoms with Crippen LogP contribution < -0.4 is 25.4 Å². The summed E-state index contributed by atoms with van der Waals surface area (Å²) >= 11 is 12.1. The van der Waals surface area contributed by atoms with Gasteiger partial charge in [0.25, 0.3) is 5.91 Å². The lowest BCUT2D eigenvalue weighted by Gasteiger charge is -2.33. The first-order chi connectivity index (χ1) is 23.4. The van der Waals surface area contributed by atoms with Crippen LogP contribution in [0.2, 0.25) is 10.0 Å². The number of likely N-dealkylation sites (tertiary alicyclic amines) is 1. The van der Waals surface area contributed by atoms with E-state index in [9.17, 15) is 4.79 Å². The van der Waals surface area contributed by atoms with Gasteiger partial charge in [-0.25, -0.2) is 19.9 Å². The van der Waals surface area contributed by atoms with Crippen LogP contribution in [0.15, 0.2) is 67.0 Å². The van der Waals surface area contributed by atoms with Gasteiger partial charge in [0, 0.05) is 64.9 Å². The number of piperidine rings is 2. The van der Waals surface area contributed by atoms with Crippen LogP contribution in [0, 0.1) is 0 Å². The molecule has 2 aliphatic heterocycles.